The Bertz CT molecular complexity index is 273. The SMILES string of the molecule is CSCCC(C)NCc1ccc(O)cc1. The second-order valence-electron chi connectivity index (χ2n) is 3.73. The Labute approximate surface area is 96.1 Å². The molecular weight excluding hydrogens is 206 g/mol. The molecule has 0 bridgehead atoms. The number of phenolic OH excluding ortho intramolecular Hbond substituents is 1. The molecule has 2 N–H and O–H groups in total. The molecule has 0 heterocycles. The van der Waals surface area contributed by atoms with Crippen LogP contribution >= 0.6 is 11.8 Å². The van der Waals surface area contributed by atoms with Gasteiger partial charge in [-0.25, -0.2) is 0 Å². The maximum Gasteiger partial charge on any atom is 0.115 e. The predicted octanol–water partition coefficient (Wildman–Crippen LogP) is 2.62. The lowest BCUT2D eigenvalue weighted by atomic mass is 10.2. The number of phenols is 1. The molecule has 0 aromatic heterocycles. The van der Waals surface area contributed by atoms with E-state index in [1.165, 1.54) is 17.7 Å². The van der Waals surface area contributed by atoms with Crippen molar-refractivity contribution in [2.45, 2.75) is 25.9 Å². The number of rotatable bonds is 6. The molecule has 1 unspecified atom stereocenters. The minimum atomic E-state index is 0.328. The van der Waals surface area contributed by atoms with Gasteiger partial charge in [0.05, 0.1) is 0 Å². The van der Waals surface area contributed by atoms with Gasteiger partial charge < -0.3 is 10.4 Å². The van der Waals surface area contributed by atoms with Crippen LogP contribution in [0.25, 0.3) is 0 Å². The first-order chi connectivity index (χ1) is 7.22. The van der Waals surface area contributed by atoms with Crippen LogP contribution in [0.5, 0.6) is 5.75 Å². The zero-order valence-electron chi connectivity index (χ0n) is 9.36. The minimum Gasteiger partial charge on any atom is -0.508 e. The first-order valence-electron chi connectivity index (χ1n) is 5.22. The van der Waals surface area contributed by atoms with Crippen molar-refractivity contribution < 1.29 is 5.11 Å². The van der Waals surface area contributed by atoms with E-state index in [1.807, 2.05) is 23.9 Å². The maximum atomic E-state index is 9.13. The summed E-state index contributed by atoms with van der Waals surface area (Å²) in [6.45, 7) is 3.08. The second kappa shape index (κ2) is 6.75. The minimum absolute atomic E-state index is 0.328. The van der Waals surface area contributed by atoms with Gasteiger partial charge in [-0.3, -0.25) is 0 Å². The van der Waals surface area contributed by atoms with E-state index >= 15 is 0 Å². The molecule has 84 valence electrons. The number of nitrogens with one attached hydrogen (secondary N) is 1. The summed E-state index contributed by atoms with van der Waals surface area (Å²) in [6.07, 6.45) is 3.33. The van der Waals surface area contributed by atoms with E-state index in [1.54, 1.807) is 12.1 Å². The van der Waals surface area contributed by atoms with E-state index in [0.717, 1.165) is 6.54 Å². The van der Waals surface area contributed by atoms with Gasteiger partial charge in [-0.2, -0.15) is 11.8 Å². The van der Waals surface area contributed by atoms with Gasteiger partial charge in [-0.15, -0.1) is 0 Å². The monoisotopic (exact) mass is 225 g/mol. The molecule has 1 atom stereocenters. The molecule has 1 aromatic carbocycles. The highest BCUT2D eigenvalue weighted by atomic mass is 32.2. The van der Waals surface area contributed by atoms with E-state index in [-0.39, 0.29) is 0 Å². The van der Waals surface area contributed by atoms with Crippen molar-refractivity contribution in [3.63, 3.8) is 0 Å². The van der Waals surface area contributed by atoms with Crippen molar-refractivity contribution in [3.8, 4) is 5.75 Å². The summed E-state index contributed by atoms with van der Waals surface area (Å²) in [6, 6.07) is 7.90. The Morgan fingerprint density at radius 3 is 2.60 bits per heavy atom. The zero-order chi connectivity index (χ0) is 11.1. The lowest BCUT2D eigenvalue weighted by molar-refractivity contribution is 0.474. The van der Waals surface area contributed by atoms with Crippen LogP contribution in [-0.4, -0.2) is 23.2 Å². The Kier molecular flexibility index (Phi) is 5.58. The zero-order valence-corrected chi connectivity index (χ0v) is 10.2. The highest BCUT2D eigenvalue weighted by Gasteiger charge is 2.00. The Morgan fingerprint density at radius 1 is 1.33 bits per heavy atom. The smallest absolute Gasteiger partial charge is 0.115 e. The molecule has 3 heteroatoms. The van der Waals surface area contributed by atoms with E-state index in [2.05, 4.69) is 18.5 Å². The van der Waals surface area contributed by atoms with Crippen LogP contribution in [0.1, 0.15) is 18.9 Å². The third-order valence-corrected chi connectivity index (χ3v) is 2.99. The van der Waals surface area contributed by atoms with Crippen LogP contribution in [0.3, 0.4) is 0 Å². The second-order valence-corrected chi connectivity index (χ2v) is 4.72. The van der Waals surface area contributed by atoms with Crippen LogP contribution in [0.4, 0.5) is 0 Å². The van der Waals surface area contributed by atoms with Crippen molar-refractivity contribution in [2.75, 3.05) is 12.0 Å². The first-order valence-corrected chi connectivity index (χ1v) is 6.62. The lowest BCUT2D eigenvalue weighted by Crippen LogP contribution is -2.25. The molecule has 0 saturated carbocycles. The van der Waals surface area contributed by atoms with Crippen molar-refractivity contribution in [2.24, 2.45) is 0 Å². The Balaban J connectivity index is 2.27. The molecule has 0 spiro atoms. The van der Waals surface area contributed by atoms with Gasteiger partial charge in [-0.1, -0.05) is 12.1 Å². The van der Waals surface area contributed by atoms with E-state index < -0.39 is 0 Å². The van der Waals surface area contributed by atoms with E-state index in [0.29, 0.717) is 11.8 Å². The first kappa shape index (κ1) is 12.4. The average molecular weight is 225 g/mol. The van der Waals surface area contributed by atoms with Crippen molar-refractivity contribution in [1.29, 1.82) is 0 Å². The van der Waals surface area contributed by atoms with Crippen molar-refractivity contribution >= 4 is 11.8 Å². The molecule has 1 aromatic rings. The third kappa shape index (κ3) is 5.09. The summed E-state index contributed by atoms with van der Waals surface area (Å²) < 4.78 is 0. The quantitative estimate of drug-likeness (QED) is 0.780. The summed E-state index contributed by atoms with van der Waals surface area (Å²) in [5.74, 6) is 1.53. The fourth-order valence-corrected chi connectivity index (χ4v) is 1.89. The molecular formula is C12H19NOS. The largest absolute Gasteiger partial charge is 0.508 e. The number of thioether (sulfide) groups is 1. The van der Waals surface area contributed by atoms with Gasteiger partial charge in [0.25, 0.3) is 0 Å². The summed E-state index contributed by atoms with van der Waals surface area (Å²) in [7, 11) is 0. The molecule has 0 amide bonds. The van der Waals surface area contributed by atoms with Gasteiger partial charge in [-0.05, 0) is 43.0 Å². The average Bonchev–Trinajstić information content (AvgIpc) is 2.25. The fourth-order valence-electron chi connectivity index (χ4n) is 1.30. The molecule has 2 nitrogen and oxygen atoms in total. The highest BCUT2D eigenvalue weighted by Crippen LogP contribution is 2.09. The molecule has 0 radical (unpaired) electrons. The van der Waals surface area contributed by atoms with Crippen molar-refractivity contribution in [3.05, 3.63) is 29.8 Å². The fraction of sp³-hybridized carbons (Fsp3) is 0.500. The molecule has 0 fully saturated rings. The lowest BCUT2D eigenvalue weighted by Gasteiger charge is -2.12. The van der Waals surface area contributed by atoms with Crippen LogP contribution < -0.4 is 5.32 Å². The van der Waals surface area contributed by atoms with Crippen LogP contribution in [0, 0.1) is 0 Å². The topological polar surface area (TPSA) is 32.3 Å². The number of hydrogen-bond donors (Lipinski definition) is 2. The number of aromatic hydroxyl groups is 1. The standard InChI is InChI=1S/C12H19NOS/c1-10(7-8-15-2)13-9-11-3-5-12(14)6-4-11/h3-6,10,13-14H,7-9H2,1-2H3. The van der Waals surface area contributed by atoms with Crippen LogP contribution in [0.2, 0.25) is 0 Å². The molecule has 15 heavy (non-hydrogen) atoms. The maximum absolute atomic E-state index is 9.13. The molecule has 0 aliphatic heterocycles. The van der Waals surface area contributed by atoms with Gasteiger partial charge in [0, 0.05) is 12.6 Å². The van der Waals surface area contributed by atoms with E-state index in [4.69, 9.17) is 5.11 Å². The summed E-state index contributed by atoms with van der Waals surface area (Å²) in [4.78, 5) is 0. The normalized spacial score (nSPS) is 12.7. The number of hydrogen-bond acceptors (Lipinski definition) is 3. The molecule has 0 aliphatic rings. The van der Waals surface area contributed by atoms with Gasteiger partial charge in [0.2, 0.25) is 0 Å². The molecule has 1 rings (SSSR count). The van der Waals surface area contributed by atoms with Crippen LogP contribution in [-0.2, 0) is 6.54 Å². The molecule has 0 aliphatic carbocycles. The summed E-state index contributed by atoms with van der Waals surface area (Å²) >= 11 is 1.88. The predicted molar refractivity (Wildman–Crippen MR) is 67.4 cm³/mol. The van der Waals surface area contributed by atoms with Crippen LogP contribution in [0.15, 0.2) is 24.3 Å². The third-order valence-electron chi connectivity index (χ3n) is 2.35. The highest BCUT2D eigenvalue weighted by molar-refractivity contribution is 7.98. The van der Waals surface area contributed by atoms with Gasteiger partial charge in [0.15, 0.2) is 0 Å². The number of benzene rings is 1. The van der Waals surface area contributed by atoms with E-state index in [9.17, 15) is 0 Å². The van der Waals surface area contributed by atoms with Crippen molar-refractivity contribution in [1.82, 2.24) is 5.32 Å². The Morgan fingerprint density at radius 2 is 2.00 bits per heavy atom. The van der Waals surface area contributed by atoms with Gasteiger partial charge >= 0.3 is 0 Å². The summed E-state index contributed by atoms with van der Waals surface area (Å²) in [5, 5.41) is 12.6. The Hall–Kier alpha value is -0.670. The molecule has 0 saturated heterocycles. The summed E-state index contributed by atoms with van der Waals surface area (Å²) in [5.41, 5.74) is 1.21. The van der Waals surface area contributed by atoms with Gasteiger partial charge in [0.1, 0.15) is 5.75 Å².